The van der Waals surface area contributed by atoms with Gasteiger partial charge in [0.1, 0.15) is 10.1 Å². The number of fused-ring (bicyclic) bond motifs is 1. The summed E-state index contributed by atoms with van der Waals surface area (Å²) in [6, 6.07) is 5.36. The second kappa shape index (κ2) is 5.68. The number of carboxylic acid groups (broad SMARTS) is 1. The first-order chi connectivity index (χ1) is 9.67. The molecular formula is C12H12N3O2PS2. The number of rotatable bonds is 4. The number of aromatic nitrogens is 1. The van der Waals surface area contributed by atoms with Gasteiger partial charge in [-0.3, -0.25) is 4.99 Å². The van der Waals surface area contributed by atoms with Gasteiger partial charge in [0.2, 0.25) is 0 Å². The molecule has 1 aliphatic heterocycles. The Morgan fingerprint density at radius 3 is 3.10 bits per heavy atom. The van der Waals surface area contributed by atoms with Crippen molar-refractivity contribution in [3.63, 3.8) is 0 Å². The van der Waals surface area contributed by atoms with E-state index in [9.17, 15) is 4.79 Å². The average molecular weight is 325 g/mol. The van der Waals surface area contributed by atoms with E-state index in [2.05, 4.69) is 30.6 Å². The minimum Gasteiger partial charge on any atom is -0.480 e. The highest BCUT2D eigenvalue weighted by molar-refractivity contribution is 8.15. The molecule has 20 heavy (non-hydrogen) atoms. The third-order valence-electron chi connectivity index (χ3n) is 2.81. The number of thiazole rings is 1. The standard InChI is InChI=1S/C12H12N3O2PS2/c16-12(17)8-4-19-10(15-8)11-14-7-2-1-6(13-5-18)3-9(7)20-11/h1-3,8,13H,4-5,18H2,(H,16,17)/t8-/m1/s1. The number of thioether (sulfide) groups is 1. The molecule has 0 spiro atoms. The fourth-order valence-corrected chi connectivity index (χ4v) is 4.20. The maximum atomic E-state index is 10.9. The van der Waals surface area contributed by atoms with Crippen LogP contribution in [-0.4, -0.2) is 39.2 Å². The van der Waals surface area contributed by atoms with Crippen molar-refractivity contribution >= 4 is 59.3 Å². The fraction of sp³-hybridized carbons (Fsp3) is 0.250. The highest BCUT2D eigenvalue weighted by Crippen LogP contribution is 2.31. The van der Waals surface area contributed by atoms with E-state index in [0.717, 1.165) is 32.2 Å². The van der Waals surface area contributed by atoms with Crippen LogP contribution in [0, 0.1) is 0 Å². The zero-order chi connectivity index (χ0) is 14.1. The summed E-state index contributed by atoms with van der Waals surface area (Å²) in [5, 5.41) is 13.7. The molecule has 0 radical (unpaired) electrons. The molecule has 3 rings (SSSR count). The van der Waals surface area contributed by atoms with E-state index in [-0.39, 0.29) is 0 Å². The molecule has 1 aliphatic rings. The van der Waals surface area contributed by atoms with Crippen LogP contribution in [0.1, 0.15) is 5.01 Å². The van der Waals surface area contributed by atoms with Gasteiger partial charge in [0.15, 0.2) is 6.04 Å². The van der Waals surface area contributed by atoms with Gasteiger partial charge in [0, 0.05) is 17.7 Å². The molecule has 1 aromatic carbocycles. The van der Waals surface area contributed by atoms with Crippen LogP contribution in [-0.2, 0) is 4.79 Å². The molecule has 0 saturated heterocycles. The molecule has 0 saturated carbocycles. The van der Waals surface area contributed by atoms with Crippen LogP contribution in [0.25, 0.3) is 10.2 Å². The fourth-order valence-electron chi connectivity index (χ4n) is 1.86. The summed E-state index contributed by atoms with van der Waals surface area (Å²) in [5.74, 6) is -0.388. The van der Waals surface area contributed by atoms with Gasteiger partial charge in [-0.15, -0.1) is 32.3 Å². The Kier molecular flexibility index (Phi) is 3.92. The van der Waals surface area contributed by atoms with Gasteiger partial charge in [-0.25, -0.2) is 9.78 Å². The molecule has 1 aromatic heterocycles. The number of nitrogens with one attached hydrogen (secondary N) is 1. The summed E-state index contributed by atoms with van der Waals surface area (Å²) in [7, 11) is 2.62. The average Bonchev–Trinajstić information content (AvgIpc) is 3.05. The molecular weight excluding hydrogens is 313 g/mol. The topological polar surface area (TPSA) is 74.6 Å². The second-order valence-corrected chi connectivity index (χ2v) is 6.63. The summed E-state index contributed by atoms with van der Waals surface area (Å²) in [6.45, 7) is 0. The van der Waals surface area contributed by atoms with Gasteiger partial charge < -0.3 is 10.4 Å². The van der Waals surface area contributed by atoms with Gasteiger partial charge in [0.25, 0.3) is 0 Å². The van der Waals surface area contributed by atoms with Gasteiger partial charge in [-0.1, -0.05) is 0 Å². The van der Waals surface area contributed by atoms with E-state index in [1.54, 1.807) is 11.3 Å². The Morgan fingerprint density at radius 1 is 1.55 bits per heavy atom. The highest BCUT2D eigenvalue weighted by Gasteiger charge is 2.26. The number of hydrogen-bond acceptors (Lipinski definition) is 6. The Morgan fingerprint density at radius 2 is 2.40 bits per heavy atom. The monoisotopic (exact) mass is 325 g/mol. The third kappa shape index (κ3) is 2.66. The number of aliphatic carboxylic acids is 1. The summed E-state index contributed by atoms with van der Waals surface area (Å²) < 4.78 is 1.07. The smallest absolute Gasteiger partial charge is 0.329 e. The normalized spacial score (nSPS) is 18.2. The number of carbonyl (C=O) groups is 1. The Hall–Kier alpha value is -1.17. The molecule has 0 fully saturated rings. The maximum Gasteiger partial charge on any atom is 0.329 e. The van der Waals surface area contributed by atoms with Crippen LogP contribution >= 0.6 is 32.3 Å². The minimum atomic E-state index is -0.874. The van der Waals surface area contributed by atoms with E-state index in [1.165, 1.54) is 11.8 Å². The van der Waals surface area contributed by atoms with Crippen molar-refractivity contribution in [3.05, 3.63) is 23.2 Å². The summed E-state index contributed by atoms with van der Waals surface area (Å²) in [5.41, 5.74) is 1.97. The minimum absolute atomic E-state index is 0.487. The van der Waals surface area contributed by atoms with Crippen LogP contribution in [0.3, 0.4) is 0 Å². The van der Waals surface area contributed by atoms with Crippen molar-refractivity contribution in [3.8, 4) is 0 Å². The van der Waals surface area contributed by atoms with E-state index < -0.39 is 12.0 Å². The van der Waals surface area contributed by atoms with Crippen LogP contribution < -0.4 is 5.32 Å². The highest BCUT2D eigenvalue weighted by atomic mass is 32.2. The predicted octanol–water partition coefficient (Wildman–Crippen LogP) is 2.49. The quantitative estimate of drug-likeness (QED) is 0.845. The van der Waals surface area contributed by atoms with Gasteiger partial charge in [-0.2, -0.15) is 0 Å². The van der Waals surface area contributed by atoms with Crippen molar-refractivity contribution in [1.82, 2.24) is 4.98 Å². The zero-order valence-corrected chi connectivity index (χ0v) is 13.2. The van der Waals surface area contributed by atoms with Crippen LogP contribution in [0.15, 0.2) is 23.2 Å². The number of aliphatic imine (C=N–C) groups is 1. The zero-order valence-electron chi connectivity index (χ0n) is 10.4. The lowest BCUT2D eigenvalue weighted by atomic mass is 10.3. The molecule has 0 amide bonds. The van der Waals surface area contributed by atoms with Gasteiger partial charge in [-0.05, 0) is 18.2 Å². The number of hydrogen-bond donors (Lipinski definition) is 2. The van der Waals surface area contributed by atoms with Crippen molar-refractivity contribution in [2.45, 2.75) is 6.04 Å². The Labute approximate surface area is 126 Å². The van der Waals surface area contributed by atoms with E-state index in [0.29, 0.717) is 5.75 Å². The van der Waals surface area contributed by atoms with E-state index in [4.69, 9.17) is 5.11 Å². The van der Waals surface area contributed by atoms with Gasteiger partial charge in [0.05, 0.1) is 10.2 Å². The number of nitrogens with zero attached hydrogens (tertiary/aromatic N) is 2. The molecule has 5 nitrogen and oxygen atoms in total. The molecule has 104 valence electrons. The van der Waals surface area contributed by atoms with Crippen LogP contribution in [0.5, 0.6) is 0 Å². The number of carboxylic acids is 1. The lowest BCUT2D eigenvalue weighted by molar-refractivity contribution is -0.137. The molecule has 2 aromatic rings. The second-order valence-electron chi connectivity index (χ2n) is 4.18. The predicted molar refractivity (Wildman–Crippen MR) is 88.2 cm³/mol. The van der Waals surface area contributed by atoms with Crippen LogP contribution in [0.2, 0.25) is 0 Å². The lowest BCUT2D eigenvalue weighted by Crippen LogP contribution is -2.17. The van der Waals surface area contributed by atoms with Crippen molar-refractivity contribution in [2.75, 3.05) is 17.4 Å². The first-order valence-corrected chi connectivity index (χ1v) is 8.57. The van der Waals surface area contributed by atoms with E-state index >= 15 is 0 Å². The molecule has 1 unspecified atom stereocenters. The Balaban J connectivity index is 1.93. The lowest BCUT2D eigenvalue weighted by Gasteiger charge is -2.00. The summed E-state index contributed by atoms with van der Waals surface area (Å²) in [6.07, 6.45) is 0.792. The third-order valence-corrected chi connectivity index (χ3v) is 5.23. The van der Waals surface area contributed by atoms with Crippen molar-refractivity contribution < 1.29 is 9.90 Å². The molecule has 0 aliphatic carbocycles. The van der Waals surface area contributed by atoms with Crippen LogP contribution in [0.4, 0.5) is 5.69 Å². The van der Waals surface area contributed by atoms with E-state index in [1.807, 2.05) is 12.1 Å². The summed E-state index contributed by atoms with van der Waals surface area (Å²) in [4.78, 5) is 19.7. The van der Waals surface area contributed by atoms with Crippen molar-refractivity contribution in [2.24, 2.45) is 4.99 Å². The van der Waals surface area contributed by atoms with Crippen molar-refractivity contribution in [1.29, 1.82) is 0 Å². The molecule has 0 bridgehead atoms. The Bertz CT molecular complexity index is 701. The molecule has 2 atom stereocenters. The summed E-state index contributed by atoms with van der Waals surface area (Å²) >= 11 is 3.01. The molecule has 8 heteroatoms. The first kappa shape index (κ1) is 13.8. The molecule has 2 N–H and O–H groups in total. The number of anilines is 1. The first-order valence-electron chi connectivity index (χ1n) is 5.95. The van der Waals surface area contributed by atoms with Gasteiger partial charge >= 0.3 is 5.97 Å². The maximum absolute atomic E-state index is 10.9. The largest absolute Gasteiger partial charge is 0.480 e. The number of benzene rings is 1. The molecule has 2 heterocycles. The SMILES string of the molecule is O=C(O)[C@H]1CSC(c2nc3ccc(NCP)cc3s2)=N1.